The van der Waals surface area contributed by atoms with Crippen LogP contribution < -0.4 is 24.5 Å². The first-order chi connectivity index (χ1) is 22.6. The van der Waals surface area contributed by atoms with Crippen LogP contribution in [0, 0.1) is 15.2 Å². The number of pyridine rings is 2. The minimum absolute atomic E-state index is 0.245. The van der Waals surface area contributed by atoms with E-state index in [1.807, 2.05) is 19.9 Å². The number of halogens is 5. The number of nitrogens with two attached hydrogens (primary N) is 2. The number of aromatic nitrogens is 2. The molecular weight excluding hydrogens is 1190 g/mol. The van der Waals surface area contributed by atoms with Gasteiger partial charge in [-0.3, -0.25) is 0 Å². The zero-order chi connectivity index (χ0) is 37.6. The van der Waals surface area contributed by atoms with E-state index in [1.54, 1.807) is 36.7 Å². The third-order valence-corrected chi connectivity index (χ3v) is 13.7. The second-order valence-electron chi connectivity index (χ2n) is 13.2. The van der Waals surface area contributed by atoms with E-state index in [1.165, 1.54) is 21.8 Å². The summed E-state index contributed by atoms with van der Waals surface area (Å²) in [6, 6.07) is 13.1. The molecule has 2 aromatic heterocycles. The fourth-order valence-electron chi connectivity index (χ4n) is 3.94. The molecule has 4 aromatic rings. The minimum atomic E-state index is -2.38. The second-order valence-corrected chi connectivity index (χ2v) is 47.7. The van der Waals surface area contributed by atoms with Gasteiger partial charge in [0.15, 0.2) is 11.6 Å². The summed E-state index contributed by atoms with van der Waals surface area (Å²) in [5.74, 6) is 1.08. The van der Waals surface area contributed by atoms with Crippen molar-refractivity contribution in [1.29, 1.82) is 0 Å². The number of anilines is 2. The normalized spacial score (nSPS) is 12.0. The third kappa shape index (κ3) is 18.5. The Kier molecular flexibility index (Phi) is 21.9. The molecule has 2 atom stereocenters. The molecule has 0 aliphatic rings. The van der Waals surface area contributed by atoms with Crippen LogP contribution in [-0.4, -0.2) is 67.9 Å². The van der Waals surface area contributed by atoms with E-state index >= 15 is 0 Å². The molecule has 2 aromatic carbocycles. The first-order valence-corrected chi connectivity index (χ1v) is 45.3. The summed E-state index contributed by atoms with van der Waals surface area (Å²) in [5.41, 5.74) is 13.3. The molecule has 0 aliphatic heterocycles. The Morgan fingerprint density at radius 2 is 1.06 bits per heavy atom. The molecule has 2 radical (unpaired) electrons. The molecule has 2 heterocycles. The molecule has 268 valence electrons. The molecule has 0 saturated carbocycles. The summed E-state index contributed by atoms with van der Waals surface area (Å²) in [7, 11) is 0. The second kappa shape index (κ2) is 22.8. The summed E-state index contributed by atoms with van der Waals surface area (Å²) in [4.78, 5) is 29.1. The van der Waals surface area contributed by atoms with Gasteiger partial charge in [-0.25, -0.2) is 9.37 Å². The van der Waals surface area contributed by atoms with Gasteiger partial charge in [-0.1, -0.05) is 0 Å². The van der Waals surface area contributed by atoms with Crippen molar-refractivity contribution in [3.05, 3.63) is 96.2 Å². The van der Waals surface area contributed by atoms with Crippen molar-refractivity contribution in [2.75, 3.05) is 11.5 Å². The van der Waals surface area contributed by atoms with Crippen LogP contribution in [0.15, 0.2) is 69.9 Å². The van der Waals surface area contributed by atoms with Crippen LogP contribution in [0.4, 0.5) is 20.4 Å². The summed E-state index contributed by atoms with van der Waals surface area (Å²) < 4.78 is 42.5. The molecule has 0 spiro atoms. The molecule has 2 unspecified atom stereocenters. The summed E-state index contributed by atoms with van der Waals surface area (Å²) in [6.45, 7) is 3.76. The fourth-order valence-corrected chi connectivity index (χ4v) is 10.3. The van der Waals surface area contributed by atoms with Crippen LogP contribution in [0.3, 0.4) is 0 Å². The number of ether oxygens (including phenoxy) is 2. The van der Waals surface area contributed by atoms with Gasteiger partial charge in [0.2, 0.25) is 0 Å². The molecule has 0 bridgehead atoms. The van der Waals surface area contributed by atoms with Gasteiger partial charge < -0.3 is 10.5 Å². The quantitative estimate of drug-likeness (QED) is 0.141. The van der Waals surface area contributed by atoms with E-state index in [-0.39, 0.29) is 23.8 Å². The molecule has 4 rings (SSSR count). The van der Waals surface area contributed by atoms with Gasteiger partial charge in [0, 0.05) is 19.8 Å². The number of nitrogen functional groups attached to an aromatic ring is 2. The van der Waals surface area contributed by atoms with Crippen LogP contribution in [0.5, 0.6) is 11.5 Å². The van der Waals surface area contributed by atoms with Crippen LogP contribution in [0.2, 0.25) is 44.5 Å². The molecule has 6 nitrogen and oxygen atoms in total. The summed E-state index contributed by atoms with van der Waals surface area (Å²) in [6.07, 6.45) is 2.60. The Balaban J connectivity index is 0.000000405. The van der Waals surface area contributed by atoms with Crippen molar-refractivity contribution in [3.63, 3.8) is 0 Å². The van der Waals surface area contributed by atoms with Gasteiger partial charge in [-0.05, 0) is 69.7 Å². The van der Waals surface area contributed by atoms with Crippen LogP contribution in [0.1, 0.15) is 37.2 Å². The number of nitrogens with zero attached hydrogens (tertiary/aromatic N) is 2. The first-order valence-electron chi connectivity index (χ1n) is 15.6. The monoisotopic (exact) mass is 1240 g/mol. The summed E-state index contributed by atoms with van der Waals surface area (Å²) in [5, 5.41) is 0. The summed E-state index contributed by atoms with van der Waals surface area (Å²) >= 11 is 5.35. The molecule has 0 fully saturated rings. The molecular formula is C35H49Br2F2IN4O2Sn3. The number of rotatable bonds is 7. The average molecular weight is 1240 g/mol. The van der Waals surface area contributed by atoms with E-state index < -0.39 is 57.9 Å². The number of benzene rings is 2. The van der Waals surface area contributed by atoms with Crippen molar-refractivity contribution in [2.24, 2.45) is 0 Å². The van der Waals surface area contributed by atoms with Crippen LogP contribution in [0.25, 0.3) is 0 Å². The van der Waals surface area contributed by atoms with Crippen molar-refractivity contribution in [1.82, 2.24) is 9.97 Å². The van der Waals surface area contributed by atoms with E-state index in [0.29, 0.717) is 23.1 Å². The van der Waals surface area contributed by atoms with Crippen LogP contribution >= 0.6 is 54.5 Å². The number of hydrogen-bond donors (Lipinski definition) is 2. The zero-order valence-corrected chi connectivity index (χ0v) is 44.1. The van der Waals surface area contributed by atoms with Gasteiger partial charge in [0.25, 0.3) is 0 Å². The molecule has 14 heteroatoms. The van der Waals surface area contributed by atoms with Crippen molar-refractivity contribution >= 4 is 128 Å². The maximum absolute atomic E-state index is 13.7. The molecule has 0 aliphatic carbocycles. The van der Waals surface area contributed by atoms with Crippen molar-refractivity contribution in [2.45, 2.75) is 70.5 Å². The predicted molar refractivity (Wildman–Crippen MR) is 226 cm³/mol. The van der Waals surface area contributed by atoms with E-state index in [0.717, 1.165) is 23.6 Å². The maximum atomic E-state index is 13.7. The van der Waals surface area contributed by atoms with Crippen molar-refractivity contribution in [3.8, 4) is 11.5 Å². The molecule has 4 N–H and O–H groups in total. The van der Waals surface area contributed by atoms with Gasteiger partial charge in [0.1, 0.15) is 11.9 Å². The Bertz CT molecular complexity index is 1620. The Morgan fingerprint density at radius 3 is 1.47 bits per heavy atom. The standard InChI is InChI=1S/C13H11BrFIN2O.C13H11BrFN2O.9CH3.3Sn/c1-7(10-5-9(15)2-3-11(10)16)19-12-4-8(14)6-18-13(12)17;1-8(9-3-2-4-11(15)5-9)18-12-6-10(14)7-17-13(12)16;;;;;;;;;;;;/h2-7H,1H3,(H2,17,18);2,4-8H,1H3,(H2,16,17);9*1H3;;;. The van der Waals surface area contributed by atoms with E-state index in [9.17, 15) is 8.78 Å². The third-order valence-electron chi connectivity index (χ3n) is 5.96. The van der Waals surface area contributed by atoms with Crippen molar-refractivity contribution < 1.29 is 18.3 Å². The molecule has 0 amide bonds. The Hall–Kier alpha value is -0.114. The predicted octanol–water partition coefficient (Wildman–Crippen LogP) is 11.3. The van der Waals surface area contributed by atoms with Crippen LogP contribution in [-0.2, 0) is 0 Å². The zero-order valence-electron chi connectivity index (χ0n) is 30.2. The van der Waals surface area contributed by atoms with E-state index in [4.69, 9.17) is 20.9 Å². The SMILES string of the molecule is CC(Oc1cc(Br)cnc1N)c1cc(F)cc[c]1[Sn]([CH3])([CH3])[CH3].CC(Oc1cc(Br)cnc1N)c1cc(F)ccc1I.[CH3][Sn]([CH3])[CH3].[CH3][Sn]([CH3])[CH3]. The van der Waals surface area contributed by atoms with Gasteiger partial charge in [-0.15, -0.1) is 0 Å². The Morgan fingerprint density at radius 1 is 0.694 bits per heavy atom. The van der Waals surface area contributed by atoms with Gasteiger partial charge in [-0.2, -0.15) is 0 Å². The first kappa shape index (κ1) is 46.9. The Labute approximate surface area is 341 Å². The number of hydrogen-bond acceptors (Lipinski definition) is 6. The van der Waals surface area contributed by atoms with Gasteiger partial charge >= 0.3 is 213 Å². The van der Waals surface area contributed by atoms with E-state index in [2.05, 4.69) is 109 Å². The molecule has 0 saturated heterocycles. The van der Waals surface area contributed by atoms with Gasteiger partial charge in [0.05, 0.1) is 0 Å². The molecule has 49 heavy (non-hydrogen) atoms. The fraction of sp³-hybridized carbons (Fsp3) is 0.371. The topological polar surface area (TPSA) is 96.3 Å². The average Bonchev–Trinajstić information content (AvgIpc) is 2.97.